The Bertz CT molecular complexity index is 507. The lowest BCUT2D eigenvalue weighted by Gasteiger charge is -2.33. The number of nitrogens with two attached hydrogens (primary N) is 1. The lowest BCUT2D eigenvalue weighted by atomic mass is 10.0. The zero-order valence-electron chi connectivity index (χ0n) is 12.8. The van der Waals surface area contributed by atoms with Gasteiger partial charge in [0.2, 0.25) is 0 Å². The fourth-order valence-electron chi connectivity index (χ4n) is 2.80. The van der Waals surface area contributed by atoms with Gasteiger partial charge in [-0.1, -0.05) is 6.42 Å². The number of hydrogen-bond acceptors (Lipinski definition) is 6. The van der Waals surface area contributed by atoms with Gasteiger partial charge in [0.15, 0.2) is 0 Å². The molecule has 0 aliphatic carbocycles. The van der Waals surface area contributed by atoms with Gasteiger partial charge in [0.25, 0.3) is 0 Å². The highest BCUT2D eigenvalue weighted by atomic mass is 32.2. The van der Waals surface area contributed by atoms with Crippen molar-refractivity contribution in [2.45, 2.75) is 43.5 Å². The SMILES string of the molecule is CSc1c(NCCCN2CCCCC2C)sc(C#N)c1N. The highest BCUT2D eigenvalue weighted by molar-refractivity contribution is 7.99. The molecule has 0 amide bonds. The third kappa shape index (κ3) is 4.06. The minimum absolute atomic E-state index is 0.617. The van der Waals surface area contributed by atoms with Crippen molar-refractivity contribution >= 4 is 33.8 Å². The highest BCUT2D eigenvalue weighted by Gasteiger charge is 2.18. The van der Waals surface area contributed by atoms with Crippen molar-refractivity contribution < 1.29 is 0 Å². The van der Waals surface area contributed by atoms with Gasteiger partial charge in [-0.15, -0.1) is 23.1 Å². The fraction of sp³-hybridized carbons (Fsp3) is 0.667. The summed E-state index contributed by atoms with van der Waals surface area (Å²) in [7, 11) is 0. The third-order valence-electron chi connectivity index (χ3n) is 4.05. The van der Waals surface area contributed by atoms with Crippen LogP contribution in [0.2, 0.25) is 0 Å². The van der Waals surface area contributed by atoms with Crippen LogP contribution in [0.25, 0.3) is 0 Å². The summed E-state index contributed by atoms with van der Waals surface area (Å²) in [6.45, 7) is 5.65. The summed E-state index contributed by atoms with van der Waals surface area (Å²) in [6, 6.07) is 2.90. The number of thioether (sulfide) groups is 1. The van der Waals surface area contributed by atoms with E-state index < -0.39 is 0 Å². The van der Waals surface area contributed by atoms with E-state index in [2.05, 4.69) is 23.2 Å². The van der Waals surface area contributed by atoms with E-state index in [4.69, 9.17) is 11.0 Å². The number of hydrogen-bond donors (Lipinski definition) is 2. The van der Waals surface area contributed by atoms with Gasteiger partial charge in [-0.05, 0) is 39.0 Å². The van der Waals surface area contributed by atoms with E-state index in [0.29, 0.717) is 10.6 Å². The zero-order chi connectivity index (χ0) is 15.2. The molecule has 6 heteroatoms. The number of nitriles is 1. The standard InChI is InChI=1S/C15H24N4S2/c1-11-6-3-4-8-19(11)9-5-7-18-15-14(20-2)13(17)12(10-16)21-15/h11,18H,3-9,17H2,1-2H3. The average Bonchev–Trinajstić information content (AvgIpc) is 2.80. The Balaban J connectivity index is 1.82. The van der Waals surface area contributed by atoms with Crippen LogP contribution in [-0.2, 0) is 0 Å². The molecule has 1 aliphatic rings. The van der Waals surface area contributed by atoms with E-state index in [-0.39, 0.29) is 0 Å². The zero-order valence-corrected chi connectivity index (χ0v) is 14.4. The van der Waals surface area contributed by atoms with E-state index in [1.165, 1.54) is 37.1 Å². The maximum absolute atomic E-state index is 9.06. The van der Waals surface area contributed by atoms with Crippen molar-refractivity contribution in [1.82, 2.24) is 4.90 Å². The second kappa shape index (κ2) is 7.92. The van der Waals surface area contributed by atoms with Crippen LogP contribution < -0.4 is 11.1 Å². The molecule has 1 atom stereocenters. The molecule has 1 aromatic rings. The summed E-state index contributed by atoms with van der Waals surface area (Å²) in [4.78, 5) is 4.22. The second-order valence-corrected chi connectivity index (χ2v) is 7.32. The van der Waals surface area contributed by atoms with Crippen molar-refractivity contribution in [2.75, 3.05) is 36.9 Å². The lowest BCUT2D eigenvalue weighted by molar-refractivity contribution is 0.160. The van der Waals surface area contributed by atoms with Crippen LogP contribution >= 0.6 is 23.1 Å². The number of thiophene rings is 1. The summed E-state index contributed by atoms with van der Waals surface area (Å²) in [5.41, 5.74) is 6.61. The monoisotopic (exact) mass is 324 g/mol. The van der Waals surface area contributed by atoms with E-state index in [1.807, 2.05) is 6.26 Å². The molecule has 0 bridgehead atoms. The van der Waals surface area contributed by atoms with Crippen LogP contribution in [0.15, 0.2) is 4.90 Å². The molecule has 1 unspecified atom stereocenters. The van der Waals surface area contributed by atoms with Crippen LogP contribution in [0.1, 0.15) is 37.5 Å². The van der Waals surface area contributed by atoms with Crippen LogP contribution in [-0.4, -0.2) is 36.8 Å². The Hall–Kier alpha value is -0.900. The largest absolute Gasteiger partial charge is 0.396 e. The van der Waals surface area contributed by atoms with Crippen LogP contribution in [0, 0.1) is 11.3 Å². The maximum Gasteiger partial charge on any atom is 0.131 e. The number of likely N-dealkylation sites (tertiary alicyclic amines) is 1. The van der Waals surface area contributed by atoms with Crippen molar-refractivity contribution in [3.8, 4) is 6.07 Å². The summed E-state index contributed by atoms with van der Waals surface area (Å²) in [5, 5.41) is 13.6. The first-order valence-electron chi connectivity index (χ1n) is 7.51. The maximum atomic E-state index is 9.06. The normalized spacial score (nSPS) is 19.4. The predicted octanol–water partition coefficient (Wildman–Crippen LogP) is 3.60. The predicted molar refractivity (Wildman–Crippen MR) is 93.2 cm³/mol. The molecule has 0 saturated carbocycles. The molecule has 3 N–H and O–H groups in total. The number of rotatable bonds is 6. The summed E-state index contributed by atoms with van der Waals surface area (Å²) in [5.74, 6) is 0. The van der Waals surface area contributed by atoms with E-state index in [0.717, 1.165) is 35.4 Å². The molecule has 21 heavy (non-hydrogen) atoms. The van der Waals surface area contributed by atoms with Gasteiger partial charge >= 0.3 is 0 Å². The van der Waals surface area contributed by atoms with Crippen molar-refractivity contribution in [2.24, 2.45) is 0 Å². The van der Waals surface area contributed by atoms with Gasteiger partial charge in [-0.25, -0.2) is 0 Å². The summed E-state index contributed by atoms with van der Waals surface area (Å²) >= 11 is 3.07. The first-order chi connectivity index (χ1) is 10.2. The number of nitrogens with zero attached hydrogens (tertiary/aromatic N) is 2. The molecule has 1 saturated heterocycles. The summed E-state index contributed by atoms with van der Waals surface area (Å²) < 4.78 is 0. The molecule has 1 fully saturated rings. The highest BCUT2D eigenvalue weighted by Crippen LogP contribution is 2.41. The van der Waals surface area contributed by atoms with Crippen LogP contribution in [0.4, 0.5) is 10.7 Å². The van der Waals surface area contributed by atoms with Gasteiger partial charge < -0.3 is 16.0 Å². The van der Waals surface area contributed by atoms with E-state index in [1.54, 1.807) is 11.8 Å². The van der Waals surface area contributed by atoms with Crippen LogP contribution in [0.5, 0.6) is 0 Å². The van der Waals surface area contributed by atoms with Gasteiger partial charge in [-0.3, -0.25) is 0 Å². The second-order valence-electron chi connectivity index (χ2n) is 5.48. The van der Waals surface area contributed by atoms with Gasteiger partial charge in [0.1, 0.15) is 15.9 Å². The minimum Gasteiger partial charge on any atom is -0.396 e. The number of nitrogen functional groups attached to an aromatic ring is 1. The molecule has 2 heterocycles. The Morgan fingerprint density at radius 3 is 3.00 bits per heavy atom. The first-order valence-corrected chi connectivity index (χ1v) is 9.55. The lowest BCUT2D eigenvalue weighted by Crippen LogP contribution is -2.38. The Labute approximate surface area is 135 Å². The number of anilines is 2. The third-order valence-corrected chi connectivity index (χ3v) is 6.08. The summed E-state index contributed by atoms with van der Waals surface area (Å²) in [6.07, 6.45) is 7.16. The van der Waals surface area contributed by atoms with Crippen LogP contribution in [0.3, 0.4) is 0 Å². The molecule has 0 aromatic carbocycles. The van der Waals surface area contributed by atoms with Gasteiger partial charge in [0.05, 0.1) is 10.6 Å². The molecular weight excluding hydrogens is 300 g/mol. The van der Waals surface area contributed by atoms with Crippen molar-refractivity contribution in [1.29, 1.82) is 5.26 Å². The first kappa shape index (κ1) is 16.5. The van der Waals surface area contributed by atoms with Crippen molar-refractivity contribution in [3.05, 3.63) is 4.88 Å². The molecule has 1 aromatic heterocycles. The Morgan fingerprint density at radius 2 is 2.33 bits per heavy atom. The quantitative estimate of drug-likeness (QED) is 0.618. The fourth-order valence-corrected chi connectivity index (χ4v) is 4.66. The molecule has 4 nitrogen and oxygen atoms in total. The Kier molecular flexibility index (Phi) is 6.22. The van der Waals surface area contributed by atoms with E-state index in [9.17, 15) is 0 Å². The Morgan fingerprint density at radius 1 is 1.52 bits per heavy atom. The smallest absolute Gasteiger partial charge is 0.131 e. The van der Waals surface area contributed by atoms with Gasteiger partial charge in [-0.2, -0.15) is 5.26 Å². The number of nitrogens with one attached hydrogen (secondary N) is 1. The van der Waals surface area contributed by atoms with E-state index >= 15 is 0 Å². The van der Waals surface area contributed by atoms with Crippen molar-refractivity contribution in [3.63, 3.8) is 0 Å². The molecular formula is C15H24N4S2. The topological polar surface area (TPSA) is 65.1 Å². The molecule has 0 spiro atoms. The van der Waals surface area contributed by atoms with Gasteiger partial charge in [0, 0.05) is 19.1 Å². The molecule has 2 rings (SSSR count). The number of piperidine rings is 1. The molecule has 1 aliphatic heterocycles. The molecule has 0 radical (unpaired) electrons. The minimum atomic E-state index is 0.617. The average molecular weight is 325 g/mol. The molecule has 116 valence electrons.